The van der Waals surface area contributed by atoms with Gasteiger partial charge in [-0.3, -0.25) is 4.90 Å². The number of morpholine rings is 1. The molecule has 0 saturated carbocycles. The Morgan fingerprint density at radius 2 is 2.10 bits per heavy atom. The maximum atomic E-state index is 11.5. The Kier molecular flexibility index (Phi) is 4.30. The van der Waals surface area contributed by atoms with Crippen LogP contribution in [0.2, 0.25) is 0 Å². The summed E-state index contributed by atoms with van der Waals surface area (Å²) in [6, 6.07) is 1.65. The highest BCUT2D eigenvalue weighted by Crippen LogP contribution is 2.41. The van der Waals surface area contributed by atoms with Gasteiger partial charge in [0.1, 0.15) is 4.21 Å². The molecular weight excluding hydrogens is 330 g/mol. The monoisotopic (exact) mass is 347 g/mol. The van der Waals surface area contributed by atoms with Crippen LogP contribution in [0.5, 0.6) is 0 Å². The van der Waals surface area contributed by atoms with Crippen molar-refractivity contribution in [3.05, 3.63) is 16.6 Å². The summed E-state index contributed by atoms with van der Waals surface area (Å²) in [7, 11) is -1.63. The van der Waals surface area contributed by atoms with Gasteiger partial charge in [-0.15, -0.1) is 11.3 Å². The molecule has 1 fully saturated rings. The summed E-state index contributed by atoms with van der Waals surface area (Å²) < 4.78 is 30.6. The van der Waals surface area contributed by atoms with Crippen LogP contribution < -0.4 is 5.14 Å². The third-order valence-corrected chi connectivity index (χ3v) is 7.08. The summed E-state index contributed by atoms with van der Waals surface area (Å²) in [5, 5.41) is 5.20. The van der Waals surface area contributed by atoms with Crippen LogP contribution in [0.1, 0.15) is 4.88 Å². The molecule has 0 aromatic carbocycles. The van der Waals surface area contributed by atoms with E-state index in [9.17, 15) is 8.42 Å². The van der Waals surface area contributed by atoms with Gasteiger partial charge in [-0.25, -0.2) is 13.6 Å². The van der Waals surface area contributed by atoms with Crippen molar-refractivity contribution in [3.63, 3.8) is 0 Å². The van der Waals surface area contributed by atoms with E-state index in [0.29, 0.717) is 0 Å². The van der Waals surface area contributed by atoms with E-state index in [1.54, 1.807) is 18.0 Å². The predicted molar refractivity (Wildman–Crippen MR) is 84.5 cm³/mol. The number of primary sulfonamides is 1. The Bertz CT molecular complexity index is 663. The lowest BCUT2D eigenvalue weighted by atomic mass is 10.3. The molecule has 0 atom stereocenters. The fourth-order valence-corrected chi connectivity index (χ4v) is 5.25. The number of ether oxygens (including phenoxy) is 1. The highest BCUT2D eigenvalue weighted by Gasteiger charge is 2.24. The first-order chi connectivity index (χ1) is 9.93. The van der Waals surface area contributed by atoms with Crippen LogP contribution in [0.15, 0.2) is 20.9 Å². The lowest BCUT2D eigenvalue weighted by molar-refractivity contribution is 0.0410. The van der Waals surface area contributed by atoms with Crippen molar-refractivity contribution in [1.82, 2.24) is 9.21 Å². The molecule has 0 unspecified atom stereocenters. The Balaban J connectivity index is 1.83. The van der Waals surface area contributed by atoms with Crippen molar-refractivity contribution in [2.24, 2.45) is 5.14 Å². The SMILES string of the molecule is CN1Sc2cc(S(N)(=O)=O)sc2C=C1CN1CCOCC1. The van der Waals surface area contributed by atoms with Gasteiger partial charge in [0, 0.05) is 42.2 Å². The van der Waals surface area contributed by atoms with E-state index in [4.69, 9.17) is 9.88 Å². The maximum Gasteiger partial charge on any atom is 0.247 e. The molecule has 2 N–H and O–H groups in total. The molecule has 0 amide bonds. The molecule has 2 aliphatic heterocycles. The lowest BCUT2D eigenvalue weighted by Gasteiger charge is -2.32. The van der Waals surface area contributed by atoms with Crippen LogP contribution in [-0.4, -0.2) is 57.5 Å². The van der Waals surface area contributed by atoms with Gasteiger partial charge in [0.25, 0.3) is 0 Å². The summed E-state index contributed by atoms with van der Waals surface area (Å²) in [5.41, 5.74) is 1.16. The quantitative estimate of drug-likeness (QED) is 0.823. The predicted octanol–water partition coefficient (Wildman–Crippen LogP) is 1.02. The molecule has 9 heteroatoms. The average Bonchev–Trinajstić information content (AvgIpc) is 2.83. The van der Waals surface area contributed by atoms with Gasteiger partial charge in [0.15, 0.2) is 0 Å². The van der Waals surface area contributed by atoms with E-state index in [-0.39, 0.29) is 4.21 Å². The normalized spacial score (nSPS) is 20.3. The second-order valence-corrected chi connectivity index (χ2v) is 8.99. The van der Waals surface area contributed by atoms with Gasteiger partial charge < -0.3 is 9.04 Å². The second kappa shape index (κ2) is 5.90. The molecule has 21 heavy (non-hydrogen) atoms. The number of rotatable bonds is 3. The van der Waals surface area contributed by atoms with Crippen molar-refractivity contribution in [2.45, 2.75) is 9.10 Å². The van der Waals surface area contributed by atoms with E-state index in [2.05, 4.69) is 15.3 Å². The summed E-state index contributed by atoms with van der Waals surface area (Å²) in [6.07, 6.45) is 2.06. The highest BCUT2D eigenvalue weighted by atomic mass is 32.2. The fourth-order valence-electron chi connectivity index (χ4n) is 2.26. The number of fused-ring (bicyclic) bond motifs is 1. The molecule has 0 spiro atoms. The Labute approximate surface area is 132 Å². The van der Waals surface area contributed by atoms with Crippen molar-refractivity contribution in [3.8, 4) is 0 Å². The zero-order chi connectivity index (χ0) is 15.0. The van der Waals surface area contributed by atoms with Crippen molar-refractivity contribution < 1.29 is 13.2 Å². The summed E-state index contributed by atoms with van der Waals surface area (Å²) in [4.78, 5) is 4.24. The molecule has 1 aromatic rings. The number of hydrogen-bond donors (Lipinski definition) is 1. The second-order valence-electron chi connectivity index (χ2n) is 4.95. The van der Waals surface area contributed by atoms with Crippen LogP contribution in [0.4, 0.5) is 0 Å². The minimum Gasteiger partial charge on any atom is -0.379 e. The van der Waals surface area contributed by atoms with Gasteiger partial charge >= 0.3 is 0 Å². The summed E-state index contributed by atoms with van der Waals surface area (Å²) >= 11 is 2.77. The van der Waals surface area contributed by atoms with Gasteiger partial charge in [-0.2, -0.15) is 0 Å². The minimum absolute atomic E-state index is 0.220. The molecule has 6 nitrogen and oxygen atoms in total. The molecule has 0 radical (unpaired) electrons. The van der Waals surface area contributed by atoms with Crippen LogP contribution in [0.25, 0.3) is 6.08 Å². The number of thiophene rings is 1. The first kappa shape index (κ1) is 15.3. The number of hydrogen-bond acceptors (Lipinski definition) is 7. The number of likely N-dealkylation sites (N-methyl/N-ethyl adjacent to an activating group) is 1. The molecule has 3 heterocycles. The van der Waals surface area contributed by atoms with Crippen LogP contribution in [0.3, 0.4) is 0 Å². The number of nitrogens with zero attached hydrogens (tertiary/aromatic N) is 2. The number of sulfonamides is 1. The fraction of sp³-hybridized carbons (Fsp3) is 0.500. The maximum absolute atomic E-state index is 11.5. The van der Waals surface area contributed by atoms with E-state index >= 15 is 0 Å². The Morgan fingerprint density at radius 3 is 2.76 bits per heavy atom. The average molecular weight is 347 g/mol. The molecule has 0 bridgehead atoms. The smallest absolute Gasteiger partial charge is 0.247 e. The van der Waals surface area contributed by atoms with Crippen molar-refractivity contribution >= 4 is 39.4 Å². The van der Waals surface area contributed by atoms with E-state index < -0.39 is 10.0 Å². The Hall–Kier alpha value is -0.580. The van der Waals surface area contributed by atoms with Gasteiger partial charge in [-0.05, 0) is 24.1 Å². The third kappa shape index (κ3) is 3.43. The zero-order valence-electron chi connectivity index (χ0n) is 11.6. The minimum atomic E-state index is -3.63. The standard InChI is InChI=1S/C12H17N3O3S3/c1-14-9(8-15-2-4-18-5-3-15)6-10-11(20-14)7-12(19-10)21(13,16)17/h6-7H,2-5,8H2,1H3,(H2,13,16,17). The first-order valence-corrected chi connectivity index (χ1v) is 9.66. The molecule has 116 valence electrons. The van der Waals surface area contributed by atoms with E-state index in [0.717, 1.165) is 48.3 Å². The summed E-state index contributed by atoms with van der Waals surface area (Å²) in [5.74, 6) is 0. The van der Waals surface area contributed by atoms with Crippen LogP contribution in [0, 0.1) is 0 Å². The van der Waals surface area contributed by atoms with Gasteiger partial charge in [0.2, 0.25) is 10.0 Å². The van der Waals surface area contributed by atoms with Crippen molar-refractivity contribution in [1.29, 1.82) is 0 Å². The Morgan fingerprint density at radius 1 is 1.38 bits per heavy atom. The van der Waals surface area contributed by atoms with E-state index in [1.165, 1.54) is 11.3 Å². The van der Waals surface area contributed by atoms with Gasteiger partial charge in [-0.1, -0.05) is 0 Å². The van der Waals surface area contributed by atoms with E-state index in [1.807, 2.05) is 7.05 Å². The zero-order valence-corrected chi connectivity index (χ0v) is 14.1. The molecule has 0 aliphatic carbocycles. The molecule has 1 saturated heterocycles. The highest BCUT2D eigenvalue weighted by molar-refractivity contribution is 7.97. The lowest BCUT2D eigenvalue weighted by Crippen LogP contribution is -2.39. The molecule has 2 aliphatic rings. The van der Waals surface area contributed by atoms with Crippen molar-refractivity contribution in [2.75, 3.05) is 39.9 Å². The summed E-state index contributed by atoms with van der Waals surface area (Å²) in [6.45, 7) is 4.23. The van der Waals surface area contributed by atoms with Crippen LogP contribution >= 0.6 is 23.3 Å². The first-order valence-electron chi connectivity index (χ1n) is 6.52. The topological polar surface area (TPSA) is 75.9 Å². The third-order valence-electron chi connectivity index (χ3n) is 3.41. The van der Waals surface area contributed by atoms with Gasteiger partial charge in [0.05, 0.1) is 13.2 Å². The molecule has 3 rings (SSSR count). The molecular formula is C12H17N3O3S3. The number of nitrogens with two attached hydrogens (primary N) is 1. The molecule has 1 aromatic heterocycles. The van der Waals surface area contributed by atoms with Crippen LogP contribution in [-0.2, 0) is 14.8 Å². The largest absolute Gasteiger partial charge is 0.379 e.